The lowest BCUT2D eigenvalue weighted by Gasteiger charge is -2.15. The summed E-state index contributed by atoms with van der Waals surface area (Å²) < 4.78 is 6.90. The first kappa shape index (κ1) is 20.9. The Hall–Kier alpha value is -3.87. The van der Waals surface area contributed by atoms with Crippen LogP contribution in [0.3, 0.4) is 0 Å². The first-order valence-electron chi connectivity index (χ1n) is 9.47. The van der Waals surface area contributed by atoms with Crippen molar-refractivity contribution in [1.82, 2.24) is 14.7 Å². The molecule has 0 saturated heterocycles. The van der Waals surface area contributed by atoms with E-state index in [1.165, 1.54) is 11.0 Å². The smallest absolute Gasteiger partial charge is 0.246 e. The van der Waals surface area contributed by atoms with Crippen LogP contribution in [0.5, 0.6) is 5.75 Å². The molecule has 0 unspecified atom stereocenters. The molecule has 30 heavy (non-hydrogen) atoms. The number of hydrogen-bond acceptors (Lipinski definition) is 4. The second-order valence-electron chi connectivity index (χ2n) is 6.76. The maximum atomic E-state index is 12.3. The van der Waals surface area contributed by atoms with Crippen LogP contribution in [0, 0.1) is 0 Å². The van der Waals surface area contributed by atoms with Gasteiger partial charge in [-0.05, 0) is 35.9 Å². The number of amides is 2. The van der Waals surface area contributed by atoms with Gasteiger partial charge >= 0.3 is 0 Å². The molecule has 2 aromatic carbocycles. The number of methoxy groups -OCH3 is 1. The fraction of sp³-hybridized carbons (Fsp3) is 0.174. The molecule has 0 atom stereocenters. The van der Waals surface area contributed by atoms with Crippen molar-refractivity contribution in [2.45, 2.75) is 6.54 Å². The van der Waals surface area contributed by atoms with E-state index in [-0.39, 0.29) is 18.4 Å². The van der Waals surface area contributed by atoms with Crippen molar-refractivity contribution in [3.8, 4) is 5.75 Å². The van der Waals surface area contributed by atoms with E-state index in [2.05, 4.69) is 10.4 Å². The Labute approximate surface area is 175 Å². The number of nitrogens with zero attached hydrogens (tertiary/aromatic N) is 3. The highest BCUT2D eigenvalue weighted by Gasteiger charge is 2.11. The van der Waals surface area contributed by atoms with E-state index in [0.717, 1.165) is 11.1 Å². The van der Waals surface area contributed by atoms with E-state index in [9.17, 15) is 9.59 Å². The SMILES string of the molecule is COc1ccc(NC(=O)CN(C)C(=O)/C=C/c2cnn(Cc3ccccc3)c2)cc1. The van der Waals surface area contributed by atoms with Crippen molar-refractivity contribution in [1.29, 1.82) is 0 Å². The molecule has 1 heterocycles. The van der Waals surface area contributed by atoms with Crippen LogP contribution in [-0.2, 0) is 16.1 Å². The van der Waals surface area contributed by atoms with Gasteiger partial charge in [-0.3, -0.25) is 14.3 Å². The van der Waals surface area contributed by atoms with E-state index in [4.69, 9.17) is 4.74 Å². The summed E-state index contributed by atoms with van der Waals surface area (Å²) in [6.45, 7) is 0.608. The predicted molar refractivity (Wildman–Crippen MR) is 116 cm³/mol. The van der Waals surface area contributed by atoms with E-state index in [1.807, 2.05) is 41.2 Å². The number of ether oxygens (including phenoxy) is 1. The summed E-state index contributed by atoms with van der Waals surface area (Å²) in [5.74, 6) is 0.160. The highest BCUT2D eigenvalue weighted by Crippen LogP contribution is 2.15. The zero-order valence-electron chi connectivity index (χ0n) is 17.0. The van der Waals surface area contributed by atoms with E-state index >= 15 is 0 Å². The van der Waals surface area contributed by atoms with Crippen LogP contribution in [0.2, 0.25) is 0 Å². The first-order chi connectivity index (χ1) is 14.5. The van der Waals surface area contributed by atoms with E-state index < -0.39 is 0 Å². The monoisotopic (exact) mass is 404 g/mol. The maximum absolute atomic E-state index is 12.3. The molecule has 0 saturated carbocycles. The first-order valence-corrected chi connectivity index (χ1v) is 9.47. The predicted octanol–water partition coefficient (Wildman–Crippen LogP) is 3.05. The van der Waals surface area contributed by atoms with Gasteiger partial charge in [0.1, 0.15) is 5.75 Å². The second kappa shape index (κ2) is 10.1. The van der Waals surface area contributed by atoms with Crippen LogP contribution in [-0.4, -0.2) is 47.2 Å². The van der Waals surface area contributed by atoms with Gasteiger partial charge in [-0.25, -0.2) is 0 Å². The molecule has 3 aromatic rings. The third-order valence-electron chi connectivity index (χ3n) is 4.39. The molecule has 1 N–H and O–H groups in total. The summed E-state index contributed by atoms with van der Waals surface area (Å²) in [5.41, 5.74) is 2.60. The molecule has 0 fully saturated rings. The van der Waals surface area contributed by atoms with Gasteiger partial charge in [0.25, 0.3) is 0 Å². The van der Waals surface area contributed by atoms with Crippen LogP contribution >= 0.6 is 0 Å². The van der Waals surface area contributed by atoms with Crippen LogP contribution in [0.4, 0.5) is 5.69 Å². The van der Waals surface area contributed by atoms with Gasteiger partial charge in [0.05, 0.1) is 26.4 Å². The zero-order valence-corrected chi connectivity index (χ0v) is 17.0. The molecular weight excluding hydrogens is 380 g/mol. The number of rotatable bonds is 8. The fourth-order valence-corrected chi connectivity index (χ4v) is 2.79. The summed E-state index contributed by atoms with van der Waals surface area (Å²) in [4.78, 5) is 25.8. The Balaban J connectivity index is 1.49. The number of benzene rings is 2. The molecular formula is C23H24N4O3. The summed E-state index contributed by atoms with van der Waals surface area (Å²) >= 11 is 0. The number of aromatic nitrogens is 2. The van der Waals surface area contributed by atoms with E-state index in [1.54, 1.807) is 50.7 Å². The van der Waals surface area contributed by atoms with Crippen LogP contribution in [0.25, 0.3) is 6.08 Å². The average Bonchev–Trinajstić information content (AvgIpc) is 3.20. The van der Waals surface area contributed by atoms with Crippen molar-refractivity contribution in [2.24, 2.45) is 0 Å². The lowest BCUT2D eigenvalue weighted by Crippen LogP contribution is -2.33. The molecule has 0 aliphatic rings. The van der Waals surface area contributed by atoms with Gasteiger partial charge in [-0.1, -0.05) is 30.3 Å². The Bertz CT molecular complexity index is 1010. The standard InChI is InChI=1S/C23H24N4O3/c1-26(17-22(28)25-20-9-11-21(30-2)12-10-20)23(29)13-8-19-14-24-27(16-19)15-18-6-4-3-5-7-18/h3-14,16H,15,17H2,1-2H3,(H,25,28)/b13-8+. The number of carbonyl (C=O) groups excluding carboxylic acids is 2. The van der Waals surface area contributed by atoms with Crippen molar-refractivity contribution in [2.75, 3.05) is 26.0 Å². The lowest BCUT2D eigenvalue weighted by molar-refractivity contribution is -0.129. The highest BCUT2D eigenvalue weighted by atomic mass is 16.5. The minimum absolute atomic E-state index is 0.0531. The number of hydrogen-bond donors (Lipinski definition) is 1. The number of anilines is 1. The van der Waals surface area contributed by atoms with Crippen molar-refractivity contribution >= 4 is 23.6 Å². The molecule has 0 spiro atoms. The molecule has 0 radical (unpaired) electrons. The minimum atomic E-state index is -0.278. The van der Waals surface area contributed by atoms with Gasteiger partial charge in [-0.15, -0.1) is 0 Å². The Morgan fingerprint density at radius 3 is 2.57 bits per heavy atom. The van der Waals surface area contributed by atoms with Gasteiger partial charge in [-0.2, -0.15) is 5.10 Å². The molecule has 0 aliphatic heterocycles. The minimum Gasteiger partial charge on any atom is -0.497 e. The Morgan fingerprint density at radius 2 is 1.87 bits per heavy atom. The van der Waals surface area contributed by atoms with E-state index in [0.29, 0.717) is 18.0 Å². The molecule has 7 nitrogen and oxygen atoms in total. The largest absolute Gasteiger partial charge is 0.497 e. The summed E-state index contributed by atoms with van der Waals surface area (Å²) in [6, 6.07) is 17.0. The topological polar surface area (TPSA) is 76.5 Å². The lowest BCUT2D eigenvalue weighted by atomic mass is 10.2. The second-order valence-corrected chi connectivity index (χ2v) is 6.76. The molecule has 2 amide bonds. The van der Waals surface area contributed by atoms with Crippen molar-refractivity contribution in [3.05, 3.63) is 84.2 Å². The van der Waals surface area contributed by atoms with Gasteiger partial charge in [0, 0.05) is 30.6 Å². The van der Waals surface area contributed by atoms with Crippen LogP contribution in [0.15, 0.2) is 73.1 Å². The molecule has 154 valence electrons. The third-order valence-corrected chi connectivity index (χ3v) is 4.39. The number of nitrogens with one attached hydrogen (secondary N) is 1. The van der Waals surface area contributed by atoms with Crippen molar-refractivity contribution in [3.63, 3.8) is 0 Å². The number of likely N-dealkylation sites (N-methyl/N-ethyl adjacent to an activating group) is 1. The van der Waals surface area contributed by atoms with Gasteiger partial charge < -0.3 is 15.0 Å². The maximum Gasteiger partial charge on any atom is 0.246 e. The molecule has 1 aromatic heterocycles. The van der Waals surface area contributed by atoms with Crippen LogP contribution in [0.1, 0.15) is 11.1 Å². The summed E-state index contributed by atoms with van der Waals surface area (Å²) in [5, 5.41) is 7.06. The van der Waals surface area contributed by atoms with Gasteiger partial charge in [0.15, 0.2) is 0 Å². The fourth-order valence-electron chi connectivity index (χ4n) is 2.79. The third kappa shape index (κ3) is 6.07. The molecule has 3 rings (SSSR count). The summed E-state index contributed by atoms with van der Waals surface area (Å²) in [7, 11) is 3.16. The van der Waals surface area contributed by atoms with Crippen LogP contribution < -0.4 is 10.1 Å². The summed E-state index contributed by atoms with van der Waals surface area (Å²) in [6.07, 6.45) is 6.69. The Kier molecular flexibility index (Phi) is 7.00. The molecule has 7 heteroatoms. The Morgan fingerprint density at radius 1 is 1.13 bits per heavy atom. The molecule has 0 bridgehead atoms. The normalized spacial score (nSPS) is 10.7. The highest BCUT2D eigenvalue weighted by molar-refractivity contribution is 5.97. The molecule has 0 aliphatic carbocycles. The quantitative estimate of drug-likeness (QED) is 0.586. The van der Waals surface area contributed by atoms with Crippen molar-refractivity contribution < 1.29 is 14.3 Å². The van der Waals surface area contributed by atoms with Gasteiger partial charge in [0.2, 0.25) is 11.8 Å². The zero-order chi connectivity index (χ0) is 21.3. The number of carbonyl (C=O) groups is 2. The average molecular weight is 404 g/mol.